The molecule has 3 aromatic carbocycles. The summed E-state index contributed by atoms with van der Waals surface area (Å²) in [5.41, 5.74) is 4.11. The maximum atomic E-state index is 14.6. The first-order chi connectivity index (χ1) is 17.0. The van der Waals surface area contributed by atoms with Crippen LogP contribution in [0.15, 0.2) is 91.3 Å². The minimum absolute atomic E-state index is 0.196. The van der Waals surface area contributed by atoms with Gasteiger partial charge in [-0.05, 0) is 91.7 Å². The van der Waals surface area contributed by atoms with Crippen molar-refractivity contribution in [2.45, 2.75) is 18.9 Å². The number of aliphatic hydroxyl groups is 1. The molecule has 0 spiro atoms. The van der Waals surface area contributed by atoms with Gasteiger partial charge in [0.1, 0.15) is 5.82 Å². The maximum Gasteiger partial charge on any atom is 0.255 e. The van der Waals surface area contributed by atoms with Crippen LogP contribution < -0.4 is 15.5 Å². The topological polar surface area (TPSA) is 69.5 Å². The van der Waals surface area contributed by atoms with Crippen LogP contribution in [-0.2, 0) is 0 Å². The number of carbonyl (C=O) groups is 1. The number of piperidine rings is 1. The standard InChI is InChI=1S/C28H27FN4O2/c29-26-19-24(32-15-1-2-16-32)11-12-27(26)30-21-5-7-22(8-6-21)31-28(35)20-3-9-23(10-4-20)33-17-13-25(34)14-18-33/h1-12,15-16,19,25,30,34H,13-14,17-18H2,(H,31,35). The molecule has 35 heavy (non-hydrogen) atoms. The minimum Gasteiger partial charge on any atom is -0.393 e. The molecule has 1 aliphatic rings. The molecule has 0 aliphatic carbocycles. The van der Waals surface area contributed by atoms with Gasteiger partial charge in [-0.15, -0.1) is 0 Å². The maximum absolute atomic E-state index is 14.6. The summed E-state index contributed by atoms with van der Waals surface area (Å²) in [6.07, 6.45) is 5.04. The van der Waals surface area contributed by atoms with Crippen molar-refractivity contribution in [1.29, 1.82) is 0 Å². The summed E-state index contributed by atoms with van der Waals surface area (Å²) in [6.45, 7) is 1.63. The lowest BCUT2D eigenvalue weighted by Crippen LogP contribution is -2.35. The second kappa shape index (κ2) is 10.0. The Kier molecular flexibility index (Phi) is 6.50. The second-order valence-electron chi connectivity index (χ2n) is 8.68. The van der Waals surface area contributed by atoms with E-state index in [-0.39, 0.29) is 17.8 Å². The van der Waals surface area contributed by atoms with Crippen molar-refractivity contribution in [3.8, 4) is 5.69 Å². The van der Waals surface area contributed by atoms with Crippen molar-refractivity contribution in [2.75, 3.05) is 28.6 Å². The van der Waals surface area contributed by atoms with E-state index in [1.54, 1.807) is 30.3 Å². The molecule has 7 heteroatoms. The van der Waals surface area contributed by atoms with E-state index in [1.165, 1.54) is 6.07 Å². The second-order valence-corrected chi connectivity index (χ2v) is 8.68. The summed E-state index contributed by atoms with van der Waals surface area (Å²) in [5, 5.41) is 15.7. The Morgan fingerprint density at radius 3 is 2.14 bits per heavy atom. The van der Waals surface area contributed by atoms with Gasteiger partial charge in [0, 0.05) is 53.8 Å². The van der Waals surface area contributed by atoms with E-state index >= 15 is 0 Å². The van der Waals surface area contributed by atoms with Gasteiger partial charge in [0.25, 0.3) is 5.91 Å². The monoisotopic (exact) mass is 470 g/mol. The van der Waals surface area contributed by atoms with E-state index in [0.717, 1.165) is 37.3 Å². The number of aromatic nitrogens is 1. The Hall–Kier alpha value is -4.10. The molecule has 0 saturated carbocycles. The number of amides is 1. The molecule has 4 aromatic rings. The van der Waals surface area contributed by atoms with E-state index in [9.17, 15) is 14.3 Å². The van der Waals surface area contributed by atoms with Gasteiger partial charge in [0.15, 0.2) is 0 Å². The summed E-state index contributed by atoms with van der Waals surface area (Å²) < 4.78 is 16.4. The Labute approximate surface area is 203 Å². The fourth-order valence-corrected chi connectivity index (χ4v) is 4.22. The smallest absolute Gasteiger partial charge is 0.255 e. The number of anilines is 4. The van der Waals surface area contributed by atoms with Gasteiger partial charge >= 0.3 is 0 Å². The first-order valence-electron chi connectivity index (χ1n) is 11.7. The third kappa shape index (κ3) is 5.36. The van der Waals surface area contributed by atoms with E-state index in [0.29, 0.717) is 22.6 Å². The molecule has 1 saturated heterocycles. The highest BCUT2D eigenvalue weighted by Gasteiger charge is 2.17. The van der Waals surface area contributed by atoms with E-state index in [4.69, 9.17) is 0 Å². The molecule has 178 valence electrons. The number of hydrogen-bond donors (Lipinski definition) is 3. The lowest BCUT2D eigenvalue weighted by atomic mass is 10.1. The quantitative estimate of drug-likeness (QED) is 0.344. The van der Waals surface area contributed by atoms with Crippen LogP contribution in [-0.4, -0.2) is 34.8 Å². The number of nitrogens with zero attached hydrogens (tertiary/aromatic N) is 2. The predicted molar refractivity (Wildman–Crippen MR) is 137 cm³/mol. The lowest BCUT2D eigenvalue weighted by molar-refractivity contribution is 0.102. The van der Waals surface area contributed by atoms with Crippen LogP contribution in [0.25, 0.3) is 5.69 Å². The fraction of sp³-hybridized carbons (Fsp3) is 0.179. The zero-order valence-electron chi connectivity index (χ0n) is 19.2. The Bertz CT molecular complexity index is 1280. The van der Waals surface area contributed by atoms with Gasteiger partial charge in [-0.3, -0.25) is 4.79 Å². The van der Waals surface area contributed by atoms with Crippen molar-refractivity contribution >= 4 is 28.7 Å². The van der Waals surface area contributed by atoms with Gasteiger partial charge < -0.3 is 25.2 Å². The average Bonchev–Trinajstić information content (AvgIpc) is 3.42. The van der Waals surface area contributed by atoms with Crippen molar-refractivity contribution in [3.05, 3.63) is 103 Å². The van der Waals surface area contributed by atoms with E-state index in [2.05, 4.69) is 15.5 Å². The third-order valence-electron chi connectivity index (χ3n) is 6.24. The number of aliphatic hydroxyl groups excluding tert-OH is 1. The fourth-order valence-electron chi connectivity index (χ4n) is 4.22. The van der Waals surface area contributed by atoms with Crippen LogP contribution in [0, 0.1) is 5.82 Å². The highest BCUT2D eigenvalue weighted by Crippen LogP contribution is 2.25. The molecule has 1 aromatic heterocycles. The summed E-state index contributed by atoms with van der Waals surface area (Å²) in [5.74, 6) is -0.546. The highest BCUT2D eigenvalue weighted by atomic mass is 19.1. The molecule has 0 atom stereocenters. The first kappa shape index (κ1) is 22.7. The van der Waals surface area contributed by atoms with Crippen LogP contribution in [0.4, 0.5) is 27.1 Å². The molecule has 5 rings (SSSR count). The molecular formula is C28H27FN4O2. The molecule has 2 heterocycles. The molecule has 1 amide bonds. The van der Waals surface area contributed by atoms with Gasteiger partial charge in [-0.25, -0.2) is 4.39 Å². The zero-order valence-corrected chi connectivity index (χ0v) is 19.2. The normalized spacial score (nSPS) is 14.1. The van der Waals surface area contributed by atoms with Crippen molar-refractivity contribution in [2.24, 2.45) is 0 Å². The summed E-state index contributed by atoms with van der Waals surface area (Å²) in [7, 11) is 0. The van der Waals surface area contributed by atoms with Crippen LogP contribution in [0.2, 0.25) is 0 Å². The molecule has 0 bridgehead atoms. The number of rotatable bonds is 6. The number of carbonyl (C=O) groups excluding carboxylic acids is 1. The van der Waals surface area contributed by atoms with Crippen LogP contribution in [0.3, 0.4) is 0 Å². The predicted octanol–water partition coefficient (Wildman–Crippen LogP) is 5.57. The Morgan fingerprint density at radius 2 is 1.49 bits per heavy atom. The highest BCUT2D eigenvalue weighted by molar-refractivity contribution is 6.04. The lowest BCUT2D eigenvalue weighted by Gasteiger charge is -2.31. The SMILES string of the molecule is O=C(Nc1ccc(Nc2ccc(-n3cccc3)cc2F)cc1)c1ccc(N2CCC(O)CC2)cc1. The third-order valence-corrected chi connectivity index (χ3v) is 6.24. The summed E-state index contributed by atoms with van der Waals surface area (Å²) >= 11 is 0. The molecule has 1 aliphatic heterocycles. The molecule has 3 N–H and O–H groups in total. The van der Waals surface area contributed by atoms with Crippen LogP contribution >= 0.6 is 0 Å². The Morgan fingerprint density at radius 1 is 0.857 bits per heavy atom. The van der Waals surface area contributed by atoms with E-state index < -0.39 is 0 Å². The van der Waals surface area contributed by atoms with Crippen LogP contribution in [0.5, 0.6) is 0 Å². The van der Waals surface area contributed by atoms with Crippen molar-refractivity contribution in [3.63, 3.8) is 0 Å². The molecule has 0 unspecified atom stereocenters. The van der Waals surface area contributed by atoms with Gasteiger partial charge in [0.05, 0.1) is 11.8 Å². The first-order valence-corrected chi connectivity index (χ1v) is 11.7. The van der Waals surface area contributed by atoms with Crippen LogP contribution in [0.1, 0.15) is 23.2 Å². The minimum atomic E-state index is -0.349. The summed E-state index contributed by atoms with van der Waals surface area (Å²) in [6, 6.07) is 23.5. The number of benzene rings is 3. The largest absolute Gasteiger partial charge is 0.393 e. The van der Waals surface area contributed by atoms with Crippen molar-refractivity contribution < 1.29 is 14.3 Å². The number of hydrogen-bond acceptors (Lipinski definition) is 4. The van der Waals surface area contributed by atoms with E-state index in [1.807, 2.05) is 59.4 Å². The molecular weight excluding hydrogens is 443 g/mol. The summed E-state index contributed by atoms with van der Waals surface area (Å²) in [4.78, 5) is 14.9. The average molecular weight is 471 g/mol. The molecule has 0 radical (unpaired) electrons. The van der Waals surface area contributed by atoms with Gasteiger partial charge in [-0.1, -0.05) is 0 Å². The molecule has 1 fully saturated rings. The molecule has 6 nitrogen and oxygen atoms in total. The van der Waals surface area contributed by atoms with Crippen molar-refractivity contribution in [1.82, 2.24) is 4.57 Å². The Balaban J connectivity index is 1.19. The zero-order chi connectivity index (χ0) is 24.2. The van der Waals surface area contributed by atoms with Gasteiger partial charge in [0.2, 0.25) is 0 Å². The van der Waals surface area contributed by atoms with Gasteiger partial charge in [-0.2, -0.15) is 0 Å². The number of halogens is 1. The number of nitrogens with one attached hydrogen (secondary N) is 2.